The largest absolute Gasteiger partial charge is 0.483 e. The van der Waals surface area contributed by atoms with Crippen LogP contribution in [-0.4, -0.2) is 35.4 Å². The first-order valence-corrected chi connectivity index (χ1v) is 12.8. The van der Waals surface area contributed by atoms with Gasteiger partial charge in [0.1, 0.15) is 11.8 Å². The van der Waals surface area contributed by atoms with Crippen LogP contribution in [0, 0.1) is 0 Å². The molecule has 180 valence electrons. The fourth-order valence-corrected chi connectivity index (χ4v) is 3.90. The second-order valence-electron chi connectivity index (χ2n) is 9.33. The lowest BCUT2D eigenvalue weighted by atomic mass is 9.87. The molecule has 2 atom stereocenters. The van der Waals surface area contributed by atoms with Gasteiger partial charge in [0.2, 0.25) is 5.91 Å². The Labute approximate surface area is 214 Å². The molecule has 0 spiro atoms. The van der Waals surface area contributed by atoms with Gasteiger partial charge < -0.3 is 15.0 Å². The maximum atomic E-state index is 13.2. The summed E-state index contributed by atoms with van der Waals surface area (Å²) < 4.78 is 7.61. The first-order chi connectivity index (χ1) is 15.4. The third-order valence-corrected chi connectivity index (χ3v) is 6.73. The van der Waals surface area contributed by atoms with Crippen molar-refractivity contribution in [2.24, 2.45) is 0 Å². The molecule has 0 aromatic heterocycles. The van der Waals surface area contributed by atoms with E-state index in [0.29, 0.717) is 12.3 Å². The number of nitrogens with zero attached hydrogens (tertiary/aromatic N) is 1. The fourth-order valence-electron chi connectivity index (χ4n) is 3.14. The lowest BCUT2D eigenvalue weighted by Gasteiger charge is -2.29. The van der Waals surface area contributed by atoms with E-state index >= 15 is 0 Å². The van der Waals surface area contributed by atoms with Gasteiger partial charge in [-0.15, -0.1) is 0 Å². The van der Waals surface area contributed by atoms with E-state index < -0.39 is 6.04 Å². The van der Waals surface area contributed by atoms with Gasteiger partial charge in [-0.05, 0) is 77.0 Å². The molecular weight excluding hydrogens is 548 g/mol. The molecule has 2 unspecified atom stereocenters. The van der Waals surface area contributed by atoms with Crippen molar-refractivity contribution in [1.29, 1.82) is 0 Å². The quantitative estimate of drug-likeness (QED) is 0.382. The van der Waals surface area contributed by atoms with Crippen LogP contribution >= 0.6 is 31.9 Å². The van der Waals surface area contributed by atoms with E-state index in [9.17, 15) is 9.59 Å². The molecule has 2 rings (SSSR count). The van der Waals surface area contributed by atoms with Crippen molar-refractivity contribution < 1.29 is 14.3 Å². The van der Waals surface area contributed by atoms with Crippen LogP contribution in [0.25, 0.3) is 0 Å². The monoisotopic (exact) mass is 580 g/mol. The Morgan fingerprint density at radius 2 is 1.70 bits per heavy atom. The van der Waals surface area contributed by atoms with Crippen molar-refractivity contribution in [3.05, 3.63) is 62.5 Å². The number of hydrogen-bond donors (Lipinski definition) is 1. The lowest BCUT2D eigenvalue weighted by molar-refractivity contribution is -0.142. The van der Waals surface area contributed by atoms with Crippen LogP contribution in [0.4, 0.5) is 0 Å². The van der Waals surface area contributed by atoms with E-state index in [1.54, 1.807) is 11.8 Å². The smallest absolute Gasteiger partial charge is 0.261 e. The predicted molar refractivity (Wildman–Crippen MR) is 140 cm³/mol. The second-order valence-corrected chi connectivity index (χ2v) is 11.1. The number of carbonyl (C=O) groups excluding carboxylic acids is 2. The van der Waals surface area contributed by atoms with Crippen LogP contribution in [0.15, 0.2) is 51.4 Å². The summed E-state index contributed by atoms with van der Waals surface area (Å²) in [5, 5.41) is 2.97. The second kappa shape index (κ2) is 12.0. The van der Waals surface area contributed by atoms with Gasteiger partial charge in [0.05, 0.1) is 4.47 Å². The number of carbonyl (C=O) groups is 2. The van der Waals surface area contributed by atoms with Crippen LogP contribution in [0.1, 0.15) is 59.1 Å². The van der Waals surface area contributed by atoms with E-state index in [2.05, 4.69) is 57.9 Å². The van der Waals surface area contributed by atoms with Gasteiger partial charge in [0.15, 0.2) is 6.61 Å². The van der Waals surface area contributed by atoms with Crippen molar-refractivity contribution in [3.8, 4) is 5.75 Å². The summed E-state index contributed by atoms with van der Waals surface area (Å²) in [4.78, 5) is 27.6. The third kappa shape index (κ3) is 8.14. The van der Waals surface area contributed by atoms with Gasteiger partial charge in [-0.1, -0.05) is 61.8 Å². The first-order valence-electron chi connectivity index (χ1n) is 11.2. The number of ether oxygens (including phenoxy) is 1. The Kier molecular flexibility index (Phi) is 9.98. The van der Waals surface area contributed by atoms with Gasteiger partial charge in [-0.2, -0.15) is 0 Å². The number of amides is 2. The number of rotatable bonds is 9. The molecule has 2 aromatic carbocycles. The summed E-state index contributed by atoms with van der Waals surface area (Å²) in [5.74, 6) is 0.165. The molecule has 0 saturated carbocycles. The van der Waals surface area contributed by atoms with E-state index in [1.807, 2.05) is 56.3 Å². The number of nitrogens with one attached hydrogen (secondary N) is 1. The standard InChI is InChI=1S/C26H34Br2N2O3/c1-7-17(2)29-25(32)18(3)30(15-19-8-11-21(27)12-9-19)24(31)16-33-23-13-10-20(14-22(23)28)26(4,5)6/h8-14,17-18H,7,15-16H2,1-6H3,(H,29,32). The summed E-state index contributed by atoms with van der Waals surface area (Å²) in [7, 11) is 0. The summed E-state index contributed by atoms with van der Waals surface area (Å²) in [6.45, 7) is 12.3. The molecule has 5 nitrogen and oxygen atoms in total. The average molecular weight is 582 g/mol. The van der Waals surface area contributed by atoms with Crippen molar-refractivity contribution >= 4 is 43.7 Å². The zero-order valence-corrected chi connectivity index (χ0v) is 23.4. The van der Waals surface area contributed by atoms with Gasteiger partial charge in [-0.25, -0.2) is 0 Å². The van der Waals surface area contributed by atoms with Crippen molar-refractivity contribution in [3.63, 3.8) is 0 Å². The predicted octanol–water partition coefficient (Wildman–Crippen LogP) is 6.22. The summed E-state index contributed by atoms with van der Waals surface area (Å²) in [6.07, 6.45) is 0.820. The molecule has 33 heavy (non-hydrogen) atoms. The Hall–Kier alpha value is -1.86. The Balaban J connectivity index is 2.18. The highest BCUT2D eigenvalue weighted by Crippen LogP contribution is 2.31. The molecule has 0 aliphatic carbocycles. The van der Waals surface area contributed by atoms with Crippen LogP contribution in [-0.2, 0) is 21.5 Å². The lowest BCUT2D eigenvalue weighted by Crippen LogP contribution is -2.50. The van der Waals surface area contributed by atoms with Crippen LogP contribution in [0.5, 0.6) is 5.75 Å². The molecule has 0 aliphatic rings. The molecule has 2 aromatic rings. The van der Waals surface area contributed by atoms with Crippen LogP contribution < -0.4 is 10.1 Å². The van der Waals surface area contributed by atoms with Gasteiger partial charge in [-0.3, -0.25) is 9.59 Å². The first kappa shape index (κ1) is 27.4. The highest BCUT2D eigenvalue weighted by molar-refractivity contribution is 9.10. The topological polar surface area (TPSA) is 58.6 Å². The minimum atomic E-state index is -0.634. The number of hydrogen-bond acceptors (Lipinski definition) is 3. The zero-order valence-electron chi connectivity index (χ0n) is 20.2. The van der Waals surface area contributed by atoms with E-state index in [0.717, 1.165) is 20.9 Å². The minimum Gasteiger partial charge on any atom is -0.483 e. The van der Waals surface area contributed by atoms with Crippen molar-refractivity contribution in [2.45, 2.75) is 72.0 Å². The van der Waals surface area contributed by atoms with Gasteiger partial charge in [0.25, 0.3) is 5.91 Å². The average Bonchev–Trinajstić information content (AvgIpc) is 2.76. The highest BCUT2D eigenvalue weighted by atomic mass is 79.9. The van der Waals surface area contributed by atoms with Crippen LogP contribution in [0.2, 0.25) is 0 Å². The van der Waals surface area contributed by atoms with Gasteiger partial charge >= 0.3 is 0 Å². The molecule has 0 bridgehead atoms. The Morgan fingerprint density at radius 3 is 2.24 bits per heavy atom. The molecule has 7 heteroatoms. The third-order valence-electron chi connectivity index (χ3n) is 5.58. The molecular formula is C26H34Br2N2O3. The number of halogens is 2. The zero-order chi connectivity index (χ0) is 24.8. The summed E-state index contributed by atoms with van der Waals surface area (Å²) >= 11 is 6.99. The molecule has 2 amide bonds. The molecule has 0 radical (unpaired) electrons. The summed E-state index contributed by atoms with van der Waals surface area (Å²) in [5.41, 5.74) is 2.11. The number of benzene rings is 2. The van der Waals surface area contributed by atoms with E-state index in [4.69, 9.17) is 4.74 Å². The minimum absolute atomic E-state index is 0.0107. The van der Waals surface area contributed by atoms with Crippen molar-refractivity contribution in [1.82, 2.24) is 10.2 Å². The highest BCUT2D eigenvalue weighted by Gasteiger charge is 2.27. The SMILES string of the molecule is CCC(C)NC(=O)C(C)N(Cc1ccc(Br)cc1)C(=O)COc1ccc(C(C)(C)C)cc1Br. The molecule has 0 aliphatic heterocycles. The van der Waals surface area contributed by atoms with Crippen LogP contribution in [0.3, 0.4) is 0 Å². The van der Waals surface area contributed by atoms with Crippen molar-refractivity contribution in [2.75, 3.05) is 6.61 Å². The maximum Gasteiger partial charge on any atom is 0.261 e. The fraction of sp³-hybridized carbons (Fsp3) is 0.462. The normalized spacial score (nSPS) is 13.2. The van der Waals surface area contributed by atoms with Gasteiger partial charge in [0, 0.05) is 17.1 Å². The van der Waals surface area contributed by atoms with E-state index in [1.165, 1.54) is 5.56 Å². The molecule has 0 saturated heterocycles. The summed E-state index contributed by atoms with van der Waals surface area (Å²) in [6, 6.07) is 13.0. The molecule has 0 fully saturated rings. The Morgan fingerprint density at radius 1 is 1.06 bits per heavy atom. The maximum absolute atomic E-state index is 13.2. The molecule has 1 N–H and O–H groups in total. The molecule has 0 heterocycles. The van der Waals surface area contributed by atoms with E-state index in [-0.39, 0.29) is 29.9 Å². The Bertz CT molecular complexity index is 955.